The van der Waals surface area contributed by atoms with Gasteiger partial charge < -0.3 is 4.74 Å². The Morgan fingerprint density at radius 2 is 1.82 bits per heavy atom. The number of nitrogens with zero attached hydrogens (tertiary/aromatic N) is 2. The first-order valence-corrected chi connectivity index (χ1v) is 8.88. The molecule has 0 aliphatic carbocycles. The Labute approximate surface area is 156 Å². The fourth-order valence-corrected chi connectivity index (χ4v) is 2.89. The van der Waals surface area contributed by atoms with E-state index in [2.05, 4.69) is 20.6 Å². The number of hydrogen-bond donors (Lipinski definition) is 0. The maximum atomic E-state index is 14.2. The highest BCUT2D eigenvalue weighted by Crippen LogP contribution is 2.40. The lowest BCUT2D eigenvalue weighted by molar-refractivity contribution is -0.249. The van der Waals surface area contributed by atoms with Crippen molar-refractivity contribution >= 4 is 28.5 Å². The first kappa shape index (κ1) is 21.8. The van der Waals surface area contributed by atoms with E-state index < -0.39 is 39.2 Å². The summed E-state index contributed by atoms with van der Waals surface area (Å²) in [5, 5.41) is -5.30. The van der Waals surface area contributed by atoms with Crippen LogP contribution < -0.4 is 0 Å². The molecule has 13 heteroatoms. The molecule has 1 aromatic carbocycles. The van der Waals surface area contributed by atoms with Gasteiger partial charge in [0.2, 0.25) is 0 Å². The van der Waals surface area contributed by atoms with Crippen LogP contribution in [-0.2, 0) is 19.1 Å². The van der Waals surface area contributed by atoms with Gasteiger partial charge in [0, 0.05) is 0 Å². The second-order valence-electron chi connectivity index (χ2n) is 5.41. The van der Waals surface area contributed by atoms with Crippen molar-refractivity contribution in [1.29, 1.82) is 0 Å². The molecule has 1 aliphatic heterocycles. The topological polar surface area (TPSA) is 85.3 Å². The molecule has 0 fully saturated rings. The van der Waals surface area contributed by atoms with Crippen molar-refractivity contribution in [1.82, 2.24) is 5.06 Å². The van der Waals surface area contributed by atoms with Gasteiger partial charge in [-0.2, -0.15) is 30.4 Å². The van der Waals surface area contributed by atoms with E-state index in [-0.39, 0.29) is 13.1 Å². The number of benzene rings is 1. The van der Waals surface area contributed by atoms with Gasteiger partial charge >= 0.3 is 27.5 Å². The minimum Gasteiger partial charge on any atom is -0.441 e. The smallest absolute Gasteiger partial charge is 0.432 e. The molecule has 154 valence electrons. The molecule has 1 heterocycles. The molecule has 0 N–H and O–H groups in total. The molecule has 2 rings (SSSR count). The minimum absolute atomic E-state index is 0.000515. The minimum atomic E-state index is -6.17. The van der Waals surface area contributed by atoms with E-state index in [1.165, 1.54) is 18.2 Å². The zero-order valence-electron chi connectivity index (χ0n) is 13.9. The summed E-state index contributed by atoms with van der Waals surface area (Å²) in [7, 11) is -6.17. The summed E-state index contributed by atoms with van der Waals surface area (Å²) >= 11 is 0. The number of aliphatic imine (C=N–C) groups is 1. The van der Waals surface area contributed by atoms with Crippen LogP contribution >= 0.6 is 0 Å². The molecular weight excluding hydrogens is 415 g/mol. The summed E-state index contributed by atoms with van der Waals surface area (Å²) in [6.07, 6.45) is -8.11. The van der Waals surface area contributed by atoms with Crippen molar-refractivity contribution in [3.63, 3.8) is 0 Å². The zero-order valence-corrected chi connectivity index (χ0v) is 14.7. The highest BCUT2D eigenvalue weighted by Gasteiger charge is 2.67. The van der Waals surface area contributed by atoms with Gasteiger partial charge in [0.15, 0.2) is 0 Å². The number of hydroxylamine groups is 2. The van der Waals surface area contributed by atoms with Gasteiger partial charge in [0.1, 0.15) is 6.34 Å². The van der Waals surface area contributed by atoms with Crippen LogP contribution in [0.3, 0.4) is 0 Å². The Hall–Kier alpha value is -2.54. The zero-order chi connectivity index (χ0) is 21.2. The summed E-state index contributed by atoms with van der Waals surface area (Å²) in [4.78, 5) is 15.3. The number of carbonyl (C=O) groups excluding carboxylic acids is 1. The molecule has 1 aliphatic rings. The maximum absolute atomic E-state index is 14.2. The summed E-state index contributed by atoms with van der Waals surface area (Å²) in [6, 6.07) is 4.57. The maximum Gasteiger partial charge on any atom is 0.432 e. The summed E-state index contributed by atoms with van der Waals surface area (Å²) in [5.74, 6) is -1.80. The predicted octanol–water partition coefficient (Wildman–Crippen LogP) is 2.62. The van der Waals surface area contributed by atoms with Crippen molar-refractivity contribution in [3.05, 3.63) is 42.0 Å². The standard InChI is InChI=1S/C15H13F5N2O5S/c1-2-10-3-5-11(6-4-10)12(23)26-13(14(16,17)18)15(19,20)28(24,25)27-22-8-7-21-9-22/h2-6,9,13H,1,7-8H2. The molecular formula is C15H13F5N2O5S. The Balaban J connectivity index is 2.29. The third-order valence-corrected chi connectivity index (χ3v) is 4.67. The van der Waals surface area contributed by atoms with E-state index in [0.717, 1.165) is 18.5 Å². The lowest BCUT2D eigenvalue weighted by Gasteiger charge is -2.28. The van der Waals surface area contributed by atoms with Crippen molar-refractivity contribution < 1.29 is 44.2 Å². The third-order valence-electron chi connectivity index (χ3n) is 3.40. The second-order valence-corrected chi connectivity index (χ2v) is 7.01. The average Bonchev–Trinajstić information content (AvgIpc) is 3.10. The van der Waals surface area contributed by atoms with Gasteiger partial charge in [-0.15, -0.1) is 4.28 Å². The molecule has 1 aromatic rings. The van der Waals surface area contributed by atoms with Gasteiger partial charge in [-0.05, 0) is 17.7 Å². The summed E-state index contributed by atoms with van der Waals surface area (Å²) in [5.41, 5.74) is -0.00171. The monoisotopic (exact) mass is 428 g/mol. The van der Waals surface area contributed by atoms with Crippen molar-refractivity contribution in [3.8, 4) is 0 Å². The van der Waals surface area contributed by atoms with Crippen molar-refractivity contribution in [2.45, 2.75) is 17.5 Å². The molecule has 0 saturated carbocycles. The van der Waals surface area contributed by atoms with Crippen LogP contribution in [0.5, 0.6) is 0 Å². The van der Waals surface area contributed by atoms with Crippen LogP contribution in [-0.4, -0.2) is 56.4 Å². The quantitative estimate of drug-likeness (QED) is 0.490. The summed E-state index contributed by atoms with van der Waals surface area (Å²) < 4.78 is 99.0. The highest BCUT2D eigenvalue weighted by molar-refractivity contribution is 7.87. The van der Waals surface area contributed by atoms with Gasteiger partial charge in [0.25, 0.3) is 6.10 Å². The van der Waals surface area contributed by atoms with Crippen molar-refractivity contribution in [2.24, 2.45) is 4.99 Å². The molecule has 0 amide bonds. The summed E-state index contributed by atoms with van der Waals surface area (Å²) in [6.45, 7) is 3.17. The largest absolute Gasteiger partial charge is 0.441 e. The van der Waals surface area contributed by atoms with E-state index >= 15 is 0 Å². The molecule has 0 spiro atoms. The number of carbonyl (C=O) groups is 1. The first-order chi connectivity index (χ1) is 12.9. The molecule has 1 atom stereocenters. The SMILES string of the molecule is C=Cc1ccc(C(=O)OC(C(F)(F)F)C(F)(F)S(=O)(=O)ON2C=NCC2)cc1. The van der Waals surface area contributed by atoms with E-state index in [4.69, 9.17) is 0 Å². The van der Waals surface area contributed by atoms with Crippen LogP contribution in [0.4, 0.5) is 22.0 Å². The van der Waals surface area contributed by atoms with Crippen LogP contribution in [0.2, 0.25) is 0 Å². The molecule has 0 saturated heterocycles. The third kappa shape index (κ3) is 4.65. The van der Waals surface area contributed by atoms with Gasteiger partial charge in [0.05, 0.1) is 18.7 Å². The molecule has 1 unspecified atom stereocenters. The van der Waals surface area contributed by atoms with E-state index in [9.17, 15) is 35.2 Å². The van der Waals surface area contributed by atoms with Crippen LogP contribution in [0.1, 0.15) is 15.9 Å². The average molecular weight is 428 g/mol. The van der Waals surface area contributed by atoms with Crippen LogP contribution in [0.25, 0.3) is 6.08 Å². The van der Waals surface area contributed by atoms with Gasteiger partial charge in [-0.3, -0.25) is 4.99 Å². The Morgan fingerprint density at radius 3 is 2.29 bits per heavy atom. The fraction of sp³-hybridized carbons (Fsp3) is 0.333. The lowest BCUT2D eigenvalue weighted by atomic mass is 10.1. The van der Waals surface area contributed by atoms with Crippen LogP contribution in [0, 0.1) is 0 Å². The van der Waals surface area contributed by atoms with Gasteiger partial charge in [-0.1, -0.05) is 24.8 Å². The number of halogens is 5. The molecule has 0 aromatic heterocycles. The number of hydrogen-bond acceptors (Lipinski definition) is 7. The Bertz CT molecular complexity index is 868. The lowest BCUT2D eigenvalue weighted by Crippen LogP contribution is -2.53. The molecule has 7 nitrogen and oxygen atoms in total. The van der Waals surface area contributed by atoms with E-state index in [1.54, 1.807) is 0 Å². The van der Waals surface area contributed by atoms with Crippen molar-refractivity contribution in [2.75, 3.05) is 13.1 Å². The Kier molecular flexibility index (Phi) is 6.09. The Morgan fingerprint density at radius 1 is 1.21 bits per heavy atom. The van der Waals surface area contributed by atoms with E-state index in [1.807, 2.05) is 0 Å². The normalized spacial score (nSPS) is 16.1. The molecule has 0 radical (unpaired) electrons. The first-order valence-electron chi connectivity index (χ1n) is 7.47. The second kappa shape index (κ2) is 7.83. The fourth-order valence-electron chi connectivity index (χ4n) is 1.98. The van der Waals surface area contributed by atoms with E-state index in [0.29, 0.717) is 10.6 Å². The molecule has 28 heavy (non-hydrogen) atoms. The number of alkyl halides is 5. The van der Waals surface area contributed by atoms with Crippen LogP contribution in [0.15, 0.2) is 35.8 Å². The highest BCUT2D eigenvalue weighted by atomic mass is 32.2. The predicted molar refractivity (Wildman–Crippen MR) is 86.8 cm³/mol. The number of rotatable bonds is 7. The van der Waals surface area contributed by atoms with Gasteiger partial charge in [-0.25, -0.2) is 9.86 Å². The molecule has 0 bridgehead atoms. The number of ether oxygens (including phenoxy) is 1. The number of esters is 1.